The van der Waals surface area contributed by atoms with Crippen molar-refractivity contribution in [3.63, 3.8) is 0 Å². The third kappa shape index (κ3) is 2.93. The minimum atomic E-state index is -3.62. The maximum Gasteiger partial charge on any atom is 0.241 e. The summed E-state index contributed by atoms with van der Waals surface area (Å²) < 4.78 is 34.9. The van der Waals surface area contributed by atoms with Gasteiger partial charge in [0.1, 0.15) is 25.2 Å². The monoisotopic (exact) mass is 395 g/mol. The van der Waals surface area contributed by atoms with Gasteiger partial charge in [-0.15, -0.1) is 0 Å². The van der Waals surface area contributed by atoms with Crippen molar-refractivity contribution < 1.29 is 18.1 Å². The van der Waals surface area contributed by atoms with Crippen molar-refractivity contribution in [1.82, 2.24) is 4.72 Å². The van der Waals surface area contributed by atoms with Gasteiger partial charge in [0.15, 0.2) is 0 Å². The van der Waals surface area contributed by atoms with Gasteiger partial charge in [0.25, 0.3) is 0 Å². The quantitative estimate of drug-likeness (QED) is 0.709. The van der Waals surface area contributed by atoms with Gasteiger partial charge in [0.05, 0.1) is 18.1 Å². The molecule has 0 spiro atoms. The number of hydrogen-bond acceptors (Lipinski definition) is 3. The third-order valence-corrected chi connectivity index (χ3v) is 7.34. The molecule has 0 unspecified atom stereocenters. The van der Waals surface area contributed by atoms with Crippen LogP contribution in [0.5, 0.6) is 0 Å². The Balaban J connectivity index is 1.61. The normalized spacial score (nSPS) is 22.6. The maximum absolute atomic E-state index is 13.1. The zero-order valence-corrected chi connectivity index (χ0v) is 16.3. The summed E-state index contributed by atoms with van der Waals surface area (Å²) in [5.74, 6) is 0. The SMILES string of the molecule is O=S(=O)(N[C@@H]1c2cccc3cccc(c23)[C@@H]1[NH+]1CCOCC1)c1ccccc1. The van der Waals surface area contributed by atoms with Gasteiger partial charge < -0.3 is 9.64 Å². The summed E-state index contributed by atoms with van der Waals surface area (Å²) in [5.41, 5.74) is 2.29. The highest BCUT2D eigenvalue weighted by atomic mass is 32.2. The summed E-state index contributed by atoms with van der Waals surface area (Å²) in [6, 6.07) is 20.9. The zero-order valence-electron chi connectivity index (χ0n) is 15.5. The minimum Gasteiger partial charge on any atom is -0.370 e. The second-order valence-electron chi connectivity index (χ2n) is 7.45. The van der Waals surface area contributed by atoms with Crippen LogP contribution in [0, 0.1) is 0 Å². The highest BCUT2D eigenvalue weighted by Crippen LogP contribution is 2.43. The van der Waals surface area contributed by atoms with Crippen LogP contribution < -0.4 is 9.62 Å². The number of nitrogens with one attached hydrogen (secondary N) is 2. The molecule has 0 bridgehead atoms. The number of quaternary nitrogens is 1. The number of hydrogen-bond donors (Lipinski definition) is 2. The lowest BCUT2D eigenvalue weighted by Crippen LogP contribution is -3.14. The molecule has 0 saturated carbocycles. The molecule has 5 nitrogen and oxygen atoms in total. The molecule has 1 aliphatic heterocycles. The van der Waals surface area contributed by atoms with Crippen LogP contribution in [0.3, 0.4) is 0 Å². The molecule has 0 amide bonds. The van der Waals surface area contributed by atoms with Crippen molar-refractivity contribution in [2.24, 2.45) is 0 Å². The largest absolute Gasteiger partial charge is 0.370 e. The maximum atomic E-state index is 13.1. The molecule has 2 atom stereocenters. The van der Waals surface area contributed by atoms with Crippen molar-refractivity contribution >= 4 is 20.8 Å². The molecular formula is C22H23N2O3S+. The molecule has 2 aliphatic rings. The van der Waals surface area contributed by atoms with E-state index >= 15 is 0 Å². The lowest BCUT2D eigenvalue weighted by Gasteiger charge is -2.33. The fraction of sp³-hybridized carbons (Fsp3) is 0.273. The predicted molar refractivity (Wildman–Crippen MR) is 108 cm³/mol. The van der Waals surface area contributed by atoms with Crippen LogP contribution in [-0.4, -0.2) is 34.7 Å². The molecule has 3 aromatic carbocycles. The first-order valence-corrected chi connectivity index (χ1v) is 11.1. The van der Waals surface area contributed by atoms with E-state index in [-0.39, 0.29) is 12.1 Å². The van der Waals surface area contributed by atoms with E-state index in [4.69, 9.17) is 4.74 Å². The van der Waals surface area contributed by atoms with Crippen molar-refractivity contribution in [2.45, 2.75) is 17.0 Å². The van der Waals surface area contributed by atoms with Gasteiger partial charge in [-0.25, -0.2) is 8.42 Å². The first-order valence-electron chi connectivity index (χ1n) is 9.66. The molecule has 2 N–H and O–H groups in total. The topological polar surface area (TPSA) is 59.8 Å². The van der Waals surface area contributed by atoms with Crippen molar-refractivity contribution in [1.29, 1.82) is 0 Å². The lowest BCUT2D eigenvalue weighted by atomic mass is 10.0. The molecule has 0 radical (unpaired) electrons. The van der Waals surface area contributed by atoms with Gasteiger partial charge in [-0.3, -0.25) is 0 Å². The van der Waals surface area contributed by atoms with E-state index in [1.807, 2.05) is 12.1 Å². The second kappa shape index (κ2) is 6.97. The van der Waals surface area contributed by atoms with Gasteiger partial charge >= 0.3 is 0 Å². The number of sulfonamides is 1. The molecular weight excluding hydrogens is 372 g/mol. The fourth-order valence-corrected chi connectivity index (χ4v) is 5.89. The molecule has 28 heavy (non-hydrogen) atoms. The predicted octanol–water partition coefficient (Wildman–Crippen LogP) is 1.83. The molecule has 144 valence electrons. The van der Waals surface area contributed by atoms with Gasteiger partial charge in [0.2, 0.25) is 10.0 Å². The summed E-state index contributed by atoms with van der Waals surface area (Å²) in [5, 5.41) is 2.35. The highest BCUT2D eigenvalue weighted by Gasteiger charge is 2.43. The van der Waals surface area contributed by atoms with Crippen molar-refractivity contribution in [3.05, 3.63) is 77.9 Å². The van der Waals surface area contributed by atoms with Crippen LogP contribution in [0.4, 0.5) is 0 Å². The molecule has 5 rings (SSSR count). The standard InChI is InChI=1S/C22H22N2O3S/c25-28(26,17-8-2-1-3-9-17)23-21-18-10-4-6-16-7-5-11-19(20(16)18)22(21)24-12-14-27-15-13-24/h1-11,21-23H,12-15H2/p+1/t21-,22+/m1/s1. The zero-order chi connectivity index (χ0) is 19.1. The Bertz CT molecular complexity index is 1100. The Labute approximate surface area is 165 Å². The lowest BCUT2D eigenvalue weighted by molar-refractivity contribution is -0.940. The van der Waals surface area contributed by atoms with Gasteiger partial charge in [-0.05, 0) is 28.5 Å². The number of benzene rings is 3. The van der Waals surface area contributed by atoms with Crippen LogP contribution in [-0.2, 0) is 14.8 Å². The Morgan fingerprint density at radius 3 is 2.25 bits per heavy atom. The van der Waals surface area contributed by atoms with E-state index in [1.165, 1.54) is 15.8 Å². The first kappa shape index (κ1) is 17.8. The molecule has 1 aliphatic carbocycles. The van der Waals surface area contributed by atoms with Crippen molar-refractivity contribution in [2.75, 3.05) is 26.3 Å². The van der Waals surface area contributed by atoms with Crippen LogP contribution in [0.2, 0.25) is 0 Å². The Morgan fingerprint density at radius 1 is 0.857 bits per heavy atom. The Kier molecular flexibility index (Phi) is 4.44. The highest BCUT2D eigenvalue weighted by molar-refractivity contribution is 7.89. The summed E-state index contributed by atoms with van der Waals surface area (Å²) in [6.07, 6.45) is 0. The average molecular weight is 396 g/mol. The average Bonchev–Trinajstić information content (AvgIpc) is 3.04. The number of ether oxygens (including phenoxy) is 1. The Morgan fingerprint density at radius 2 is 1.54 bits per heavy atom. The van der Waals surface area contributed by atoms with E-state index < -0.39 is 10.0 Å². The van der Waals surface area contributed by atoms with E-state index in [0.717, 1.165) is 24.0 Å². The van der Waals surface area contributed by atoms with Gasteiger partial charge in [0, 0.05) is 5.56 Å². The summed E-state index contributed by atoms with van der Waals surface area (Å²) in [6.45, 7) is 3.16. The molecule has 1 heterocycles. The molecule has 6 heteroatoms. The smallest absolute Gasteiger partial charge is 0.241 e. The van der Waals surface area contributed by atoms with E-state index in [9.17, 15) is 8.42 Å². The number of morpholine rings is 1. The summed E-state index contributed by atoms with van der Waals surface area (Å²) >= 11 is 0. The van der Waals surface area contributed by atoms with Crippen LogP contribution in [0.25, 0.3) is 10.8 Å². The number of rotatable bonds is 4. The van der Waals surface area contributed by atoms with E-state index in [0.29, 0.717) is 18.1 Å². The molecule has 3 aromatic rings. The first-order chi connectivity index (χ1) is 13.6. The summed E-state index contributed by atoms with van der Waals surface area (Å²) in [7, 11) is -3.62. The van der Waals surface area contributed by atoms with Crippen molar-refractivity contribution in [3.8, 4) is 0 Å². The van der Waals surface area contributed by atoms with Gasteiger partial charge in [-0.1, -0.05) is 54.6 Å². The Hall–Kier alpha value is -2.25. The fourth-order valence-electron chi connectivity index (χ4n) is 4.64. The second-order valence-corrected chi connectivity index (χ2v) is 9.17. The van der Waals surface area contributed by atoms with E-state index in [1.54, 1.807) is 24.3 Å². The van der Waals surface area contributed by atoms with Crippen LogP contribution in [0.1, 0.15) is 23.2 Å². The molecule has 1 saturated heterocycles. The van der Waals surface area contributed by atoms with Gasteiger partial charge in [-0.2, -0.15) is 4.72 Å². The van der Waals surface area contributed by atoms with Crippen LogP contribution in [0.15, 0.2) is 71.6 Å². The van der Waals surface area contributed by atoms with E-state index in [2.05, 4.69) is 35.1 Å². The minimum absolute atomic E-state index is 0.0449. The third-order valence-electron chi connectivity index (χ3n) is 5.88. The summed E-state index contributed by atoms with van der Waals surface area (Å²) in [4.78, 5) is 1.67. The molecule has 1 fully saturated rings. The molecule has 0 aromatic heterocycles. The van der Waals surface area contributed by atoms with Crippen LogP contribution >= 0.6 is 0 Å².